The highest BCUT2D eigenvalue weighted by Gasteiger charge is 2.58. The van der Waals surface area contributed by atoms with Gasteiger partial charge in [-0.2, -0.15) is 0 Å². The number of unbranched alkanes of at least 4 members (excludes halogenated alkanes) is 2. The number of halogens is 1. The lowest BCUT2D eigenvalue weighted by molar-refractivity contribution is -0.124. The summed E-state index contributed by atoms with van der Waals surface area (Å²) in [5.74, 6) is 2.35. The molecule has 0 radical (unpaired) electrons. The second-order valence-electron chi connectivity index (χ2n) is 12.8. The number of carbonyl (C=O) groups excluding carboxylic acids is 2. The molecular formula is C35H46ClN5O3. The number of Topliss-reactive ketones (excluding diaryl/α,β-unsaturated/α-hetero) is 1. The topological polar surface area (TPSA) is 101 Å². The summed E-state index contributed by atoms with van der Waals surface area (Å²) in [5.41, 5.74) is 4.05. The van der Waals surface area contributed by atoms with Crippen LogP contribution in [-0.4, -0.2) is 51.2 Å². The lowest BCUT2D eigenvalue weighted by atomic mass is 9.90. The van der Waals surface area contributed by atoms with Crippen molar-refractivity contribution >= 4 is 24.1 Å². The second-order valence-corrected chi connectivity index (χ2v) is 12.8. The highest BCUT2D eigenvalue weighted by atomic mass is 35.5. The van der Waals surface area contributed by atoms with Crippen molar-refractivity contribution in [3.8, 4) is 22.6 Å². The van der Waals surface area contributed by atoms with E-state index in [9.17, 15) is 9.59 Å². The Morgan fingerprint density at radius 2 is 1.73 bits per heavy atom. The second kappa shape index (κ2) is 14.3. The van der Waals surface area contributed by atoms with Gasteiger partial charge in [-0.05, 0) is 70.0 Å². The number of aromatic nitrogens is 3. The summed E-state index contributed by atoms with van der Waals surface area (Å²) >= 11 is 0. The molecule has 2 aromatic heterocycles. The van der Waals surface area contributed by atoms with Gasteiger partial charge in [0.05, 0.1) is 23.8 Å². The molecule has 0 bridgehead atoms. The molecule has 1 aliphatic heterocycles. The molecule has 2 aliphatic carbocycles. The number of ketones is 1. The van der Waals surface area contributed by atoms with Crippen LogP contribution in [0.4, 0.5) is 0 Å². The zero-order chi connectivity index (χ0) is 29.8. The van der Waals surface area contributed by atoms with E-state index in [-0.39, 0.29) is 35.7 Å². The molecule has 1 unspecified atom stereocenters. The number of nitrogens with one attached hydrogen (secondary N) is 1. The van der Waals surface area contributed by atoms with Crippen molar-refractivity contribution in [2.45, 2.75) is 96.4 Å². The Bertz CT molecular complexity index is 1390. The predicted molar refractivity (Wildman–Crippen MR) is 173 cm³/mol. The number of hydrogen-bond acceptors (Lipinski definition) is 7. The summed E-state index contributed by atoms with van der Waals surface area (Å²) in [6.07, 6.45) is 15.8. The summed E-state index contributed by atoms with van der Waals surface area (Å²) in [7, 11) is 0. The number of nitrogens with zero attached hydrogens (tertiary/aromatic N) is 4. The Morgan fingerprint density at radius 3 is 2.39 bits per heavy atom. The van der Waals surface area contributed by atoms with Gasteiger partial charge in [0.2, 0.25) is 11.8 Å². The number of oxazole rings is 1. The maximum atomic E-state index is 13.5. The van der Waals surface area contributed by atoms with Gasteiger partial charge in [-0.3, -0.25) is 19.6 Å². The van der Waals surface area contributed by atoms with Crippen LogP contribution in [0, 0.1) is 11.3 Å². The molecule has 8 nitrogen and oxygen atoms in total. The van der Waals surface area contributed by atoms with Gasteiger partial charge in [-0.25, -0.2) is 4.98 Å². The molecule has 1 amide bonds. The van der Waals surface area contributed by atoms with Crippen LogP contribution in [-0.2, 0) is 9.59 Å². The van der Waals surface area contributed by atoms with Gasteiger partial charge in [-0.1, -0.05) is 51.0 Å². The number of piperidine rings is 1. The van der Waals surface area contributed by atoms with Crippen molar-refractivity contribution < 1.29 is 14.0 Å². The summed E-state index contributed by atoms with van der Waals surface area (Å²) in [4.78, 5) is 41.6. The van der Waals surface area contributed by atoms with Crippen molar-refractivity contribution in [2.24, 2.45) is 11.3 Å². The molecule has 1 saturated heterocycles. The van der Waals surface area contributed by atoms with Crippen LogP contribution in [0.25, 0.3) is 22.6 Å². The van der Waals surface area contributed by atoms with E-state index < -0.39 is 0 Å². The molecule has 1 N–H and O–H groups in total. The Kier molecular flexibility index (Phi) is 10.5. The largest absolute Gasteiger partial charge is 0.438 e. The highest BCUT2D eigenvalue weighted by Crippen LogP contribution is 2.59. The van der Waals surface area contributed by atoms with Crippen LogP contribution in [0.2, 0.25) is 0 Å². The van der Waals surface area contributed by atoms with Crippen molar-refractivity contribution in [2.75, 3.05) is 19.6 Å². The molecular weight excluding hydrogens is 574 g/mol. The van der Waals surface area contributed by atoms with Gasteiger partial charge in [0, 0.05) is 42.0 Å². The number of hydrogen-bond donors (Lipinski definition) is 1. The van der Waals surface area contributed by atoms with E-state index in [2.05, 4.69) is 32.1 Å². The molecule has 6 rings (SSSR count). The third kappa shape index (κ3) is 7.57. The van der Waals surface area contributed by atoms with Gasteiger partial charge in [0.1, 0.15) is 11.8 Å². The van der Waals surface area contributed by atoms with E-state index in [1.165, 1.54) is 12.8 Å². The standard InChI is InChI=1S/C35H45N5O3.ClH/c1-3-27(41)8-6-5-7-9-29(39-33(42)28-20-35(28)16-18-40(4-2)19-17-35)34-38-23-32(43-34)26-14-12-25(13-15-26)31-22-36-30(21-37-31)24-10-11-24;/h12-15,21-24,28-29H,3-11,16-20H2,1-2H3,(H,39,42);1H/t28-,29?;/m1./s1. The average molecular weight is 620 g/mol. The molecule has 44 heavy (non-hydrogen) atoms. The molecule has 3 fully saturated rings. The minimum absolute atomic E-state index is 0. The fourth-order valence-corrected chi connectivity index (χ4v) is 6.60. The molecule has 3 aromatic rings. The van der Waals surface area contributed by atoms with E-state index in [0.29, 0.717) is 36.2 Å². The molecule has 3 heterocycles. The lowest BCUT2D eigenvalue weighted by Crippen LogP contribution is -2.37. The quantitative estimate of drug-likeness (QED) is 0.189. The minimum Gasteiger partial charge on any atom is -0.438 e. The molecule has 3 aliphatic rings. The van der Waals surface area contributed by atoms with Gasteiger partial charge in [0.25, 0.3) is 0 Å². The number of amides is 1. The van der Waals surface area contributed by atoms with Crippen LogP contribution in [0.15, 0.2) is 47.3 Å². The molecule has 2 saturated carbocycles. The molecule has 1 aromatic carbocycles. The fourth-order valence-electron chi connectivity index (χ4n) is 6.60. The normalized spacial score (nSPS) is 19.7. The maximum absolute atomic E-state index is 13.5. The Hall–Kier alpha value is -3.10. The van der Waals surface area contributed by atoms with Crippen LogP contribution >= 0.6 is 12.4 Å². The maximum Gasteiger partial charge on any atom is 0.224 e. The summed E-state index contributed by atoms with van der Waals surface area (Å²) in [6, 6.07) is 7.82. The van der Waals surface area contributed by atoms with Gasteiger partial charge < -0.3 is 14.6 Å². The van der Waals surface area contributed by atoms with E-state index in [1.807, 2.05) is 43.6 Å². The van der Waals surface area contributed by atoms with E-state index in [1.54, 1.807) is 6.20 Å². The predicted octanol–water partition coefficient (Wildman–Crippen LogP) is 7.31. The number of benzene rings is 1. The van der Waals surface area contributed by atoms with Crippen molar-refractivity contribution in [3.63, 3.8) is 0 Å². The monoisotopic (exact) mass is 619 g/mol. The molecule has 9 heteroatoms. The first-order valence-electron chi connectivity index (χ1n) is 16.4. The van der Waals surface area contributed by atoms with Gasteiger partial charge in [0.15, 0.2) is 5.76 Å². The van der Waals surface area contributed by atoms with Crippen LogP contribution in [0.5, 0.6) is 0 Å². The van der Waals surface area contributed by atoms with Crippen LogP contribution in [0.3, 0.4) is 0 Å². The number of carbonyl (C=O) groups is 2. The van der Waals surface area contributed by atoms with Crippen molar-refractivity contribution in [1.82, 2.24) is 25.2 Å². The molecule has 2 atom stereocenters. The third-order valence-electron chi connectivity index (χ3n) is 9.92. The SMILES string of the molecule is CCC(=O)CCCCCC(NC(=O)[C@H]1CC12CCN(CC)CC2)c1ncc(-c2ccc(-c3cnc(C4CC4)cn3)cc2)o1.Cl. The number of likely N-dealkylation sites (tertiary alicyclic amines) is 1. The van der Waals surface area contributed by atoms with Crippen molar-refractivity contribution in [1.29, 1.82) is 0 Å². The lowest BCUT2D eigenvalue weighted by Gasteiger charge is -2.32. The summed E-state index contributed by atoms with van der Waals surface area (Å²) in [6.45, 7) is 7.37. The Balaban J connectivity index is 0.00000384. The Labute approximate surface area is 267 Å². The van der Waals surface area contributed by atoms with Gasteiger partial charge in [-0.15, -0.1) is 12.4 Å². The first kappa shape index (κ1) is 32.3. The molecule has 236 valence electrons. The first-order chi connectivity index (χ1) is 21.0. The van der Waals surface area contributed by atoms with E-state index >= 15 is 0 Å². The third-order valence-corrected chi connectivity index (χ3v) is 9.92. The highest BCUT2D eigenvalue weighted by molar-refractivity contribution is 5.85. The van der Waals surface area contributed by atoms with E-state index in [0.717, 1.165) is 87.1 Å². The summed E-state index contributed by atoms with van der Waals surface area (Å²) in [5, 5.41) is 3.32. The first-order valence-corrected chi connectivity index (χ1v) is 16.4. The van der Waals surface area contributed by atoms with E-state index in [4.69, 9.17) is 4.42 Å². The fraction of sp³-hybridized carbons (Fsp3) is 0.571. The zero-order valence-corrected chi connectivity index (χ0v) is 26.9. The molecule has 1 spiro atoms. The van der Waals surface area contributed by atoms with Crippen LogP contribution in [0.1, 0.15) is 108 Å². The average Bonchev–Trinajstić information content (AvgIpc) is 3.97. The van der Waals surface area contributed by atoms with Crippen molar-refractivity contribution in [3.05, 3.63) is 54.4 Å². The van der Waals surface area contributed by atoms with Gasteiger partial charge >= 0.3 is 0 Å². The summed E-state index contributed by atoms with van der Waals surface area (Å²) < 4.78 is 6.29. The smallest absolute Gasteiger partial charge is 0.224 e. The Morgan fingerprint density at radius 1 is 0.977 bits per heavy atom. The van der Waals surface area contributed by atoms with Crippen LogP contribution < -0.4 is 5.32 Å². The number of rotatable bonds is 14. The zero-order valence-electron chi connectivity index (χ0n) is 26.1. The minimum atomic E-state index is -0.281.